The van der Waals surface area contributed by atoms with Crippen LogP contribution in [-0.4, -0.2) is 9.78 Å². The van der Waals surface area contributed by atoms with E-state index in [0.717, 1.165) is 15.7 Å². The van der Waals surface area contributed by atoms with Crippen LogP contribution in [0.4, 0.5) is 0 Å². The minimum Gasteiger partial charge on any atom is -0.271 e. The predicted molar refractivity (Wildman–Crippen MR) is 76.5 cm³/mol. The fourth-order valence-corrected chi connectivity index (χ4v) is 2.98. The number of nitrogens with one attached hydrogen (secondary N) is 1. The molecule has 4 nitrogen and oxygen atoms in total. The Balaban J connectivity index is 2.52. The molecule has 1 heterocycles. The van der Waals surface area contributed by atoms with Crippen molar-refractivity contribution in [3.8, 4) is 0 Å². The molecule has 0 aliphatic carbocycles. The Morgan fingerprint density at radius 2 is 2.11 bits per heavy atom. The molecule has 2 rings (SSSR count). The van der Waals surface area contributed by atoms with E-state index in [1.165, 1.54) is 0 Å². The highest BCUT2D eigenvalue weighted by molar-refractivity contribution is 9.10. The van der Waals surface area contributed by atoms with Crippen LogP contribution in [0.1, 0.15) is 17.3 Å². The molecule has 0 bridgehead atoms. The molecule has 0 saturated carbocycles. The Morgan fingerprint density at radius 1 is 1.39 bits per heavy atom. The average Bonchev–Trinajstić information content (AvgIpc) is 2.61. The highest BCUT2D eigenvalue weighted by Crippen LogP contribution is 2.30. The zero-order chi connectivity index (χ0) is 13.3. The maximum absolute atomic E-state index is 6.12. The Kier molecular flexibility index (Phi) is 4.29. The molecule has 1 aromatic carbocycles. The molecule has 3 N–H and O–H groups in total. The maximum atomic E-state index is 6.12. The van der Waals surface area contributed by atoms with Crippen LogP contribution in [0.2, 0.25) is 10.0 Å². The van der Waals surface area contributed by atoms with E-state index in [9.17, 15) is 0 Å². The molecule has 0 fully saturated rings. The summed E-state index contributed by atoms with van der Waals surface area (Å²) in [6.45, 7) is 0. The number of nitrogens with two attached hydrogens (primary N) is 1. The van der Waals surface area contributed by atoms with Crippen molar-refractivity contribution in [3.63, 3.8) is 0 Å². The number of rotatable bonds is 3. The first-order valence-corrected chi connectivity index (χ1v) is 6.67. The van der Waals surface area contributed by atoms with Crippen molar-refractivity contribution in [2.45, 2.75) is 6.04 Å². The first-order valence-electron chi connectivity index (χ1n) is 5.12. The lowest BCUT2D eigenvalue weighted by Gasteiger charge is -2.18. The van der Waals surface area contributed by atoms with Crippen LogP contribution in [0.15, 0.2) is 28.9 Å². The molecule has 0 radical (unpaired) electrons. The van der Waals surface area contributed by atoms with E-state index in [4.69, 9.17) is 29.0 Å². The molecular weight excluding hydrogens is 339 g/mol. The molecule has 7 heteroatoms. The fraction of sp³-hybridized carbons (Fsp3) is 0.182. The zero-order valence-electron chi connectivity index (χ0n) is 9.49. The van der Waals surface area contributed by atoms with Gasteiger partial charge in [0.25, 0.3) is 0 Å². The normalized spacial score (nSPS) is 12.7. The van der Waals surface area contributed by atoms with Crippen molar-refractivity contribution in [2.24, 2.45) is 12.9 Å². The lowest BCUT2D eigenvalue weighted by atomic mass is 10.0. The summed E-state index contributed by atoms with van der Waals surface area (Å²) < 4.78 is 2.56. The van der Waals surface area contributed by atoms with Gasteiger partial charge in [-0.25, -0.2) is 5.43 Å². The van der Waals surface area contributed by atoms with Crippen molar-refractivity contribution in [2.75, 3.05) is 0 Å². The Labute approximate surface area is 123 Å². The van der Waals surface area contributed by atoms with Gasteiger partial charge in [-0.1, -0.05) is 39.1 Å². The number of halogens is 3. The summed E-state index contributed by atoms with van der Waals surface area (Å²) in [5, 5.41) is 5.28. The smallest absolute Gasteiger partial charge is 0.0894 e. The highest BCUT2D eigenvalue weighted by Gasteiger charge is 2.20. The summed E-state index contributed by atoms with van der Waals surface area (Å²) in [6, 6.07) is 5.30. The summed E-state index contributed by atoms with van der Waals surface area (Å²) >= 11 is 15.6. The third-order valence-electron chi connectivity index (χ3n) is 2.60. The number of nitrogens with zero attached hydrogens (tertiary/aromatic N) is 2. The van der Waals surface area contributed by atoms with Crippen LogP contribution >= 0.6 is 39.1 Å². The van der Waals surface area contributed by atoms with E-state index in [1.54, 1.807) is 10.9 Å². The van der Waals surface area contributed by atoms with Crippen LogP contribution in [-0.2, 0) is 7.05 Å². The minimum absolute atomic E-state index is 0.278. The van der Waals surface area contributed by atoms with E-state index in [0.29, 0.717) is 10.0 Å². The zero-order valence-corrected chi connectivity index (χ0v) is 12.6. The maximum Gasteiger partial charge on any atom is 0.0894 e. The Morgan fingerprint density at radius 3 is 2.61 bits per heavy atom. The van der Waals surface area contributed by atoms with Crippen LogP contribution < -0.4 is 11.3 Å². The van der Waals surface area contributed by atoms with E-state index in [1.807, 2.05) is 25.2 Å². The van der Waals surface area contributed by atoms with Gasteiger partial charge < -0.3 is 0 Å². The molecule has 96 valence electrons. The van der Waals surface area contributed by atoms with Gasteiger partial charge in [0.1, 0.15) is 0 Å². The van der Waals surface area contributed by atoms with Crippen molar-refractivity contribution in [1.82, 2.24) is 15.2 Å². The van der Waals surface area contributed by atoms with Gasteiger partial charge in [-0.05, 0) is 23.8 Å². The van der Waals surface area contributed by atoms with Gasteiger partial charge >= 0.3 is 0 Å². The molecule has 0 saturated heterocycles. The molecule has 0 amide bonds. The number of hydrogen-bond acceptors (Lipinski definition) is 3. The number of hydrazine groups is 1. The van der Waals surface area contributed by atoms with Crippen LogP contribution in [0.3, 0.4) is 0 Å². The summed E-state index contributed by atoms with van der Waals surface area (Å²) in [7, 11) is 1.81. The van der Waals surface area contributed by atoms with Crippen molar-refractivity contribution in [1.29, 1.82) is 0 Å². The summed E-state index contributed by atoms with van der Waals surface area (Å²) in [5.41, 5.74) is 4.42. The van der Waals surface area contributed by atoms with Gasteiger partial charge in [0.15, 0.2) is 0 Å². The summed E-state index contributed by atoms with van der Waals surface area (Å²) in [4.78, 5) is 0. The second-order valence-electron chi connectivity index (χ2n) is 3.80. The van der Waals surface area contributed by atoms with Crippen LogP contribution in [0, 0.1) is 0 Å². The summed E-state index contributed by atoms with van der Waals surface area (Å²) in [5.74, 6) is 5.63. The number of aromatic nitrogens is 2. The van der Waals surface area contributed by atoms with Crippen LogP contribution in [0.5, 0.6) is 0 Å². The first-order chi connectivity index (χ1) is 8.52. The van der Waals surface area contributed by atoms with E-state index in [2.05, 4.69) is 26.5 Å². The van der Waals surface area contributed by atoms with Crippen molar-refractivity contribution >= 4 is 39.1 Å². The molecule has 18 heavy (non-hydrogen) atoms. The van der Waals surface area contributed by atoms with Gasteiger partial charge in [-0.2, -0.15) is 5.10 Å². The fourth-order valence-electron chi connectivity index (χ4n) is 1.82. The SMILES string of the molecule is Cn1ncc(Cl)c1C(NN)c1cc(Cl)cc(Br)c1. The van der Waals surface area contributed by atoms with Gasteiger partial charge in [0.2, 0.25) is 0 Å². The molecule has 2 aromatic rings. The Bertz CT molecular complexity index is 530. The molecule has 1 aromatic heterocycles. The highest BCUT2D eigenvalue weighted by atomic mass is 79.9. The third-order valence-corrected chi connectivity index (χ3v) is 3.56. The minimum atomic E-state index is -0.278. The quantitative estimate of drug-likeness (QED) is 0.661. The summed E-state index contributed by atoms with van der Waals surface area (Å²) in [6.07, 6.45) is 1.58. The molecule has 1 atom stereocenters. The predicted octanol–water partition coefficient (Wildman–Crippen LogP) is 3.04. The molecular formula is C11H11BrCl2N4. The van der Waals surface area contributed by atoms with Crippen LogP contribution in [0.25, 0.3) is 0 Å². The molecule has 0 aliphatic rings. The van der Waals surface area contributed by atoms with E-state index < -0.39 is 0 Å². The average molecular weight is 350 g/mol. The molecule has 0 aliphatic heterocycles. The van der Waals surface area contributed by atoms with Gasteiger partial charge in [-0.3, -0.25) is 10.5 Å². The molecule has 0 spiro atoms. The monoisotopic (exact) mass is 348 g/mol. The number of aryl methyl sites for hydroxylation is 1. The third kappa shape index (κ3) is 2.70. The lowest BCUT2D eigenvalue weighted by Crippen LogP contribution is -2.30. The van der Waals surface area contributed by atoms with Crippen molar-refractivity contribution in [3.05, 3.63) is 50.2 Å². The first kappa shape index (κ1) is 13.8. The van der Waals surface area contributed by atoms with E-state index >= 15 is 0 Å². The lowest BCUT2D eigenvalue weighted by molar-refractivity contribution is 0.575. The van der Waals surface area contributed by atoms with Crippen molar-refractivity contribution < 1.29 is 0 Å². The van der Waals surface area contributed by atoms with Gasteiger partial charge in [0, 0.05) is 16.5 Å². The standard InChI is InChI=1S/C11H11BrCl2N4/c1-18-11(9(14)5-16-18)10(17-15)6-2-7(12)4-8(13)3-6/h2-5,10,17H,15H2,1H3. The Hall–Kier alpha value is -0.590. The number of benzene rings is 1. The second kappa shape index (κ2) is 5.59. The van der Waals surface area contributed by atoms with E-state index in [-0.39, 0.29) is 6.04 Å². The largest absolute Gasteiger partial charge is 0.271 e. The number of hydrogen-bond donors (Lipinski definition) is 2. The van der Waals surface area contributed by atoms with Gasteiger partial charge in [0.05, 0.1) is 23.0 Å². The van der Waals surface area contributed by atoms with Gasteiger partial charge in [-0.15, -0.1) is 0 Å². The molecule has 1 unspecified atom stereocenters. The topological polar surface area (TPSA) is 55.9 Å². The second-order valence-corrected chi connectivity index (χ2v) is 5.56.